The maximum atomic E-state index is 13.3. The zero-order valence-corrected chi connectivity index (χ0v) is 21.7. The SMILES string of the molecule is CC(C)(O)CCC(O)[C@](C)(O)[C@H]1CC[C@@]2(OO)C3=CC(=O)[C@@H]4C[C@@H](O)[C@@H](O)C[C@]4(C)[C@H]3CC[C@]12C. The Morgan fingerprint density at radius 1 is 1.09 bits per heavy atom. The van der Waals surface area contributed by atoms with Crippen LogP contribution in [-0.4, -0.2) is 71.7 Å². The van der Waals surface area contributed by atoms with Gasteiger partial charge >= 0.3 is 0 Å². The molecule has 0 radical (unpaired) electrons. The summed E-state index contributed by atoms with van der Waals surface area (Å²) < 4.78 is 0. The number of carbonyl (C=O) groups is 1. The second-order valence-corrected chi connectivity index (χ2v) is 13.2. The lowest BCUT2D eigenvalue weighted by molar-refractivity contribution is -0.349. The van der Waals surface area contributed by atoms with Crippen molar-refractivity contribution < 1.29 is 40.5 Å². The predicted molar refractivity (Wildman–Crippen MR) is 128 cm³/mol. The van der Waals surface area contributed by atoms with E-state index < -0.39 is 57.8 Å². The number of rotatable bonds is 6. The Morgan fingerprint density at radius 2 is 1.74 bits per heavy atom. The van der Waals surface area contributed by atoms with E-state index in [0.29, 0.717) is 44.1 Å². The monoisotopic (exact) mass is 496 g/mol. The number of hydrogen-bond acceptors (Lipinski definition) is 8. The van der Waals surface area contributed by atoms with Gasteiger partial charge in [0.2, 0.25) is 0 Å². The van der Waals surface area contributed by atoms with Crippen molar-refractivity contribution in [3.8, 4) is 0 Å². The number of hydrogen-bond donors (Lipinski definition) is 6. The summed E-state index contributed by atoms with van der Waals surface area (Å²) in [5.74, 6) is -1.05. The van der Waals surface area contributed by atoms with Crippen LogP contribution in [0.25, 0.3) is 0 Å². The Kier molecular flexibility index (Phi) is 6.66. The number of aliphatic hydroxyl groups is 5. The molecule has 0 aromatic rings. The fraction of sp³-hybridized carbons (Fsp3) is 0.889. The molecule has 0 aromatic heterocycles. The fourth-order valence-electron chi connectivity index (χ4n) is 8.50. The summed E-state index contributed by atoms with van der Waals surface area (Å²) in [6.07, 6.45) is 1.89. The Labute approximate surface area is 207 Å². The van der Waals surface area contributed by atoms with Crippen molar-refractivity contribution in [3.63, 3.8) is 0 Å². The third kappa shape index (κ3) is 3.95. The van der Waals surface area contributed by atoms with Crippen molar-refractivity contribution in [1.29, 1.82) is 0 Å². The first kappa shape index (κ1) is 27.2. The zero-order chi connectivity index (χ0) is 26.2. The van der Waals surface area contributed by atoms with Crippen molar-refractivity contribution in [2.45, 2.75) is 121 Å². The summed E-state index contributed by atoms with van der Waals surface area (Å²) in [5.41, 5.74) is -4.26. The van der Waals surface area contributed by atoms with E-state index in [1.165, 1.54) is 0 Å². The summed E-state index contributed by atoms with van der Waals surface area (Å²) in [6.45, 7) is 8.91. The molecular weight excluding hydrogens is 452 g/mol. The third-order valence-electron chi connectivity index (χ3n) is 10.6. The number of fused-ring (bicyclic) bond motifs is 5. The molecule has 8 nitrogen and oxygen atoms in total. The first-order chi connectivity index (χ1) is 16.0. The van der Waals surface area contributed by atoms with Crippen molar-refractivity contribution in [2.24, 2.45) is 28.6 Å². The quantitative estimate of drug-likeness (QED) is 0.243. The number of ketones is 1. The summed E-state index contributed by atoms with van der Waals surface area (Å²) in [4.78, 5) is 18.7. The molecule has 0 bridgehead atoms. The standard InChI is InChI=1S/C27H44O8/c1-23(2,32)9-8-22(31)26(5,33)21-7-11-27(35-34)16-12-18(28)17-13-19(29)20(30)14-24(17,3)15(16)6-10-25(21,27)4/h12,15,17,19-22,29-34H,6-11,13-14H2,1-5H3/t15-,17-,19+,20-,21-,22?,24+,25+,26+,27+/m0/s1. The van der Waals surface area contributed by atoms with Crippen LogP contribution in [0.15, 0.2) is 11.6 Å². The van der Waals surface area contributed by atoms with Gasteiger partial charge in [0.05, 0.1) is 29.5 Å². The first-order valence-corrected chi connectivity index (χ1v) is 13.1. The van der Waals surface area contributed by atoms with Crippen LogP contribution in [0.1, 0.15) is 86.0 Å². The fourth-order valence-corrected chi connectivity index (χ4v) is 8.50. The molecule has 0 heterocycles. The average molecular weight is 497 g/mol. The average Bonchev–Trinajstić information content (AvgIpc) is 3.07. The second-order valence-electron chi connectivity index (χ2n) is 13.2. The van der Waals surface area contributed by atoms with E-state index in [-0.39, 0.29) is 24.5 Å². The van der Waals surface area contributed by atoms with Gasteiger partial charge in [-0.05, 0) is 101 Å². The maximum absolute atomic E-state index is 13.3. The van der Waals surface area contributed by atoms with Crippen LogP contribution in [-0.2, 0) is 9.68 Å². The summed E-state index contributed by atoms with van der Waals surface area (Å²) in [6, 6.07) is 0. The summed E-state index contributed by atoms with van der Waals surface area (Å²) >= 11 is 0. The van der Waals surface area contributed by atoms with Gasteiger partial charge in [-0.2, -0.15) is 0 Å². The third-order valence-corrected chi connectivity index (χ3v) is 10.6. The molecule has 4 aliphatic rings. The number of aliphatic hydroxyl groups excluding tert-OH is 3. The Hall–Kier alpha value is -0.870. The molecule has 35 heavy (non-hydrogen) atoms. The van der Waals surface area contributed by atoms with Crippen LogP contribution >= 0.6 is 0 Å². The molecule has 0 amide bonds. The minimum atomic E-state index is -1.50. The van der Waals surface area contributed by atoms with Crippen molar-refractivity contribution in [3.05, 3.63) is 11.6 Å². The predicted octanol–water partition coefficient (Wildman–Crippen LogP) is 2.35. The maximum Gasteiger partial charge on any atom is 0.159 e. The highest BCUT2D eigenvalue weighted by molar-refractivity contribution is 5.95. The van der Waals surface area contributed by atoms with E-state index in [4.69, 9.17) is 4.89 Å². The second kappa shape index (κ2) is 8.58. The topological polar surface area (TPSA) is 148 Å². The van der Waals surface area contributed by atoms with Gasteiger partial charge in [-0.3, -0.25) is 10.1 Å². The molecule has 4 rings (SSSR count). The molecule has 3 saturated carbocycles. The molecule has 1 unspecified atom stereocenters. The largest absolute Gasteiger partial charge is 0.390 e. The first-order valence-electron chi connectivity index (χ1n) is 13.1. The van der Waals surface area contributed by atoms with Crippen LogP contribution in [0.5, 0.6) is 0 Å². The normalized spacial score (nSPS) is 46.2. The van der Waals surface area contributed by atoms with E-state index in [0.717, 1.165) is 0 Å². The van der Waals surface area contributed by atoms with Crippen molar-refractivity contribution in [1.82, 2.24) is 0 Å². The highest BCUT2D eigenvalue weighted by atomic mass is 17.1. The minimum absolute atomic E-state index is 0.114. The van der Waals surface area contributed by atoms with Gasteiger partial charge in [0.15, 0.2) is 5.78 Å². The van der Waals surface area contributed by atoms with E-state index in [1.54, 1.807) is 26.8 Å². The van der Waals surface area contributed by atoms with Crippen LogP contribution in [0.4, 0.5) is 0 Å². The smallest absolute Gasteiger partial charge is 0.159 e. The molecule has 0 saturated heterocycles. The van der Waals surface area contributed by atoms with E-state index in [1.807, 2.05) is 13.8 Å². The Bertz CT molecular complexity index is 877. The lowest BCUT2D eigenvalue weighted by Crippen LogP contribution is -2.63. The Balaban J connectivity index is 1.70. The van der Waals surface area contributed by atoms with Gasteiger partial charge in [0, 0.05) is 11.3 Å². The lowest BCUT2D eigenvalue weighted by Gasteiger charge is -2.61. The highest BCUT2D eigenvalue weighted by Crippen LogP contribution is 2.69. The number of allylic oxidation sites excluding steroid dienone is 1. The van der Waals surface area contributed by atoms with Gasteiger partial charge in [-0.15, -0.1) is 0 Å². The molecule has 0 spiro atoms. The summed E-state index contributed by atoms with van der Waals surface area (Å²) in [5, 5.41) is 63.9. The zero-order valence-electron chi connectivity index (χ0n) is 21.7. The van der Waals surface area contributed by atoms with E-state index in [2.05, 4.69) is 0 Å². The molecule has 0 aromatic carbocycles. The van der Waals surface area contributed by atoms with E-state index in [9.17, 15) is 35.6 Å². The van der Waals surface area contributed by atoms with Crippen LogP contribution in [0, 0.1) is 28.6 Å². The molecule has 6 N–H and O–H groups in total. The molecule has 10 atom stereocenters. The molecule has 200 valence electrons. The van der Waals surface area contributed by atoms with Crippen LogP contribution in [0.2, 0.25) is 0 Å². The lowest BCUT2D eigenvalue weighted by atomic mass is 9.45. The molecule has 8 heteroatoms. The molecule has 3 fully saturated rings. The number of carbonyl (C=O) groups excluding carboxylic acids is 1. The van der Waals surface area contributed by atoms with Crippen LogP contribution in [0.3, 0.4) is 0 Å². The van der Waals surface area contributed by atoms with Gasteiger partial charge < -0.3 is 25.5 Å². The molecular formula is C27H44O8. The van der Waals surface area contributed by atoms with Gasteiger partial charge in [0.25, 0.3) is 0 Å². The van der Waals surface area contributed by atoms with Gasteiger partial charge in [-0.1, -0.05) is 13.8 Å². The van der Waals surface area contributed by atoms with E-state index >= 15 is 0 Å². The van der Waals surface area contributed by atoms with Gasteiger partial charge in [-0.25, -0.2) is 4.89 Å². The van der Waals surface area contributed by atoms with Gasteiger partial charge in [0.1, 0.15) is 5.60 Å². The minimum Gasteiger partial charge on any atom is -0.390 e. The summed E-state index contributed by atoms with van der Waals surface area (Å²) in [7, 11) is 0. The Morgan fingerprint density at radius 3 is 2.34 bits per heavy atom. The molecule has 0 aliphatic heterocycles. The highest BCUT2D eigenvalue weighted by Gasteiger charge is 2.70. The van der Waals surface area contributed by atoms with Crippen LogP contribution < -0.4 is 0 Å². The molecule has 4 aliphatic carbocycles. The van der Waals surface area contributed by atoms with Crippen molar-refractivity contribution in [2.75, 3.05) is 0 Å². The van der Waals surface area contributed by atoms with Crippen molar-refractivity contribution >= 4 is 5.78 Å².